The molecular weight excluding hydrogens is 310 g/mol. The summed E-state index contributed by atoms with van der Waals surface area (Å²) in [6.07, 6.45) is 0.397. The van der Waals surface area contributed by atoms with Gasteiger partial charge in [-0.2, -0.15) is 0 Å². The number of aromatic nitrogens is 2. The van der Waals surface area contributed by atoms with Crippen molar-refractivity contribution in [3.63, 3.8) is 0 Å². The van der Waals surface area contributed by atoms with Crippen LogP contribution in [0.25, 0.3) is 11.0 Å². The van der Waals surface area contributed by atoms with Gasteiger partial charge in [0.05, 0.1) is 24.8 Å². The Bertz CT molecular complexity index is 755. The van der Waals surface area contributed by atoms with Gasteiger partial charge in [0.25, 0.3) is 0 Å². The first-order valence-electron chi connectivity index (χ1n) is 7.92. The van der Waals surface area contributed by atoms with Crippen molar-refractivity contribution < 1.29 is 19.1 Å². The molecule has 1 aromatic carbocycles. The molecule has 0 spiro atoms. The monoisotopic (exact) mass is 331 g/mol. The van der Waals surface area contributed by atoms with Crippen LogP contribution in [0.4, 0.5) is 0 Å². The summed E-state index contributed by atoms with van der Waals surface area (Å²) >= 11 is 0. The Hall–Kier alpha value is -2.41. The van der Waals surface area contributed by atoms with Crippen molar-refractivity contribution in [2.24, 2.45) is 0 Å². The lowest BCUT2D eigenvalue weighted by Gasteiger charge is -2.16. The smallest absolute Gasteiger partial charge is 0.325 e. The molecule has 128 valence electrons. The number of ether oxygens (including phenoxy) is 2. The van der Waals surface area contributed by atoms with Crippen LogP contribution >= 0.6 is 0 Å². The van der Waals surface area contributed by atoms with Gasteiger partial charge in [-0.1, -0.05) is 12.1 Å². The van der Waals surface area contributed by atoms with Crippen molar-refractivity contribution in [2.75, 3.05) is 33.9 Å². The highest BCUT2D eigenvalue weighted by atomic mass is 16.5. The number of benzene rings is 1. The number of nitrogens with zero attached hydrogens (tertiary/aromatic N) is 3. The molecule has 0 saturated carbocycles. The van der Waals surface area contributed by atoms with Crippen LogP contribution in [-0.4, -0.2) is 60.2 Å². The zero-order valence-electron chi connectivity index (χ0n) is 13.9. The summed E-state index contributed by atoms with van der Waals surface area (Å²) in [6, 6.07) is 7.65. The molecule has 24 heavy (non-hydrogen) atoms. The molecule has 1 aromatic heterocycles. The van der Waals surface area contributed by atoms with Crippen LogP contribution in [0.1, 0.15) is 18.2 Å². The fraction of sp³-hybridized carbons (Fsp3) is 0.471. The van der Waals surface area contributed by atoms with Gasteiger partial charge >= 0.3 is 5.97 Å². The number of amides is 1. The third kappa shape index (κ3) is 3.12. The number of rotatable bonds is 6. The minimum absolute atomic E-state index is 0.0357. The molecule has 3 rings (SSSR count). The maximum Gasteiger partial charge on any atom is 0.325 e. The highest BCUT2D eigenvalue weighted by molar-refractivity contribution is 5.82. The predicted molar refractivity (Wildman–Crippen MR) is 87.6 cm³/mol. The molecule has 1 unspecified atom stereocenters. The van der Waals surface area contributed by atoms with Gasteiger partial charge in [0.2, 0.25) is 5.91 Å². The number of imidazole rings is 1. The Balaban J connectivity index is 1.92. The van der Waals surface area contributed by atoms with E-state index in [0.29, 0.717) is 26.1 Å². The quantitative estimate of drug-likeness (QED) is 0.743. The Kier molecular flexibility index (Phi) is 4.80. The lowest BCUT2D eigenvalue weighted by molar-refractivity contribution is -0.141. The van der Waals surface area contributed by atoms with Crippen LogP contribution in [0.3, 0.4) is 0 Å². The van der Waals surface area contributed by atoms with Gasteiger partial charge in [-0.25, -0.2) is 4.98 Å². The molecular formula is C17H21N3O4. The SMILES string of the molecule is COCCN1CC(c2nc3ccccc3n2CC(=O)OC)CC1=O. The average Bonchev–Trinajstić information content (AvgIpc) is 3.14. The molecule has 1 amide bonds. The Morgan fingerprint density at radius 3 is 2.88 bits per heavy atom. The normalized spacial score (nSPS) is 17.7. The van der Waals surface area contributed by atoms with E-state index >= 15 is 0 Å². The van der Waals surface area contributed by atoms with Crippen molar-refractivity contribution >= 4 is 22.9 Å². The van der Waals surface area contributed by atoms with Crippen molar-refractivity contribution in [1.29, 1.82) is 0 Å². The van der Waals surface area contributed by atoms with Gasteiger partial charge in [0.1, 0.15) is 12.4 Å². The summed E-state index contributed by atoms with van der Waals surface area (Å²) < 4.78 is 11.7. The van der Waals surface area contributed by atoms with Crippen molar-refractivity contribution in [3.05, 3.63) is 30.1 Å². The highest BCUT2D eigenvalue weighted by Crippen LogP contribution is 2.30. The number of para-hydroxylation sites is 2. The van der Waals surface area contributed by atoms with E-state index in [1.165, 1.54) is 7.11 Å². The van der Waals surface area contributed by atoms with E-state index in [4.69, 9.17) is 9.47 Å². The molecule has 1 atom stereocenters. The van der Waals surface area contributed by atoms with E-state index in [0.717, 1.165) is 16.9 Å². The highest BCUT2D eigenvalue weighted by Gasteiger charge is 2.34. The van der Waals surface area contributed by atoms with Crippen LogP contribution in [0.5, 0.6) is 0 Å². The van der Waals surface area contributed by atoms with Crippen LogP contribution < -0.4 is 0 Å². The van der Waals surface area contributed by atoms with Crippen LogP contribution in [-0.2, 0) is 25.6 Å². The molecule has 7 heteroatoms. The van der Waals surface area contributed by atoms with E-state index in [2.05, 4.69) is 4.98 Å². The topological polar surface area (TPSA) is 73.7 Å². The van der Waals surface area contributed by atoms with Crippen molar-refractivity contribution in [3.8, 4) is 0 Å². The van der Waals surface area contributed by atoms with E-state index in [1.807, 2.05) is 28.8 Å². The Morgan fingerprint density at radius 1 is 1.33 bits per heavy atom. The van der Waals surface area contributed by atoms with E-state index in [9.17, 15) is 9.59 Å². The number of likely N-dealkylation sites (tertiary alicyclic amines) is 1. The van der Waals surface area contributed by atoms with Gasteiger partial charge in [-0.05, 0) is 12.1 Å². The number of carbonyl (C=O) groups is 2. The standard InChI is InChI=1S/C17H21N3O4/c1-23-8-7-19-10-12(9-15(19)21)17-18-13-5-3-4-6-14(13)20(17)11-16(22)24-2/h3-6,12H,7-11H2,1-2H3. The fourth-order valence-electron chi connectivity index (χ4n) is 3.13. The van der Waals surface area contributed by atoms with Crippen molar-refractivity contribution in [2.45, 2.75) is 18.9 Å². The summed E-state index contributed by atoms with van der Waals surface area (Å²) in [7, 11) is 2.99. The third-order valence-corrected chi connectivity index (χ3v) is 4.34. The largest absolute Gasteiger partial charge is 0.468 e. The van der Waals surface area contributed by atoms with Crippen LogP contribution in [0, 0.1) is 0 Å². The molecule has 0 radical (unpaired) electrons. The van der Waals surface area contributed by atoms with E-state index in [-0.39, 0.29) is 24.3 Å². The summed E-state index contributed by atoms with van der Waals surface area (Å²) in [5.41, 5.74) is 1.69. The minimum Gasteiger partial charge on any atom is -0.468 e. The van der Waals surface area contributed by atoms with Gasteiger partial charge in [-0.15, -0.1) is 0 Å². The van der Waals surface area contributed by atoms with Gasteiger partial charge < -0.3 is 18.9 Å². The second kappa shape index (κ2) is 7.00. The zero-order chi connectivity index (χ0) is 17.1. The lowest BCUT2D eigenvalue weighted by atomic mass is 10.1. The summed E-state index contributed by atoms with van der Waals surface area (Å²) in [5, 5.41) is 0. The average molecular weight is 331 g/mol. The van der Waals surface area contributed by atoms with Crippen molar-refractivity contribution in [1.82, 2.24) is 14.5 Å². The molecule has 1 aliphatic rings. The molecule has 0 bridgehead atoms. The number of methoxy groups -OCH3 is 2. The maximum atomic E-state index is 12.2. The number of hydrogen-bond donors (Lipinski definition) is 0. The predicted octanol–water partition coefficient (Wildman–Crippen LogP) is 1.17. The zero-order valence-corrected chi connectivity index (χ0v) is 13.9. The molecule has 1 aliphatic heterocycles. The van der Waals surface area contributed by atoms with Gasteiger partial charge in [0.15, 0.2) is 0 Å². The fourth-order valence-corrected chi connectivity index (χ4v) is 3.13. The van der Waals surface area contributed by atoms with Gasteiger partial charge in [0, 0.05) is 32.5 Å². The summed E-state index contributed by atoms with van der Waals surface area (Å²) in [6.45, 7) is 1.77. The van der Waals surface area contributed by atoms with E-state index < -0.39 is 0 Å². The molecule has 7 nitrogen and oxygen atoms in total. The second-order valence-electron chi connectivity index (χ2n) is 5.85. The Labute approximate surface area is 140 Å². The minimum atomic E-state index is -0.333. The Morgan fingerprint density at radius 2 is 2.12 bits per heavy atom. The van der Waals surface area contributed by atoms with Gasteiger partial charge in [-0.3, -0.25) is 9.59 Å². The van der Waals surface area contributed by atoms with Crippen LogP contribution in [0.2, 0.25) is 0 Å². The second-order valence-corrected chi connectivity index (χ2v) is 5.85. The first-order valence-corrected chi connectivity index (χ1v) is 7.92. The number of fused-ring (bicyclic) bond motifs is 1. The lowest BCUT2D eigenvalue weighted by Crippen LogP contribution is -2.28. The van der Waals surface area contributed by atoms with E-state index in [1.54, 1.807) is 12.0 Å². The molecule has 0 aliphatic carbocycles. The number of esters is 1. The van der Waals surface area contributed by atoms with Crippen LogP contribution in [0.15, 0.2) is 24.3 Å². The molecule has 2 heterocycles. The number of carbonyl (C=O) groups excluding carboxylic acids is 2. The first-order chi connectivity index (χ1) is 11.6. The molecule has 0 N–H and O–H groups in total. The third-order valence-electron chi connectivity index (χ3n) is 4.34. The summed E-state index contributed by atoms with van der Waals surface area (Å²) in [5.74, 6) is 0.481. The number of hydrogen-bond acceptors (Lipinski definition) is 5. The summed E-state index contributed by atoms with van der Waals surface area (Å²) in [4.78, 5) is 30.5. The molecule has 2 aromatic rings. The first kappa shape index (κ1) is 16.4. The molecule has 1 saturated heterocycles. The molecule has 1 fully saturated rings. The maximum absolute atomic E-state index is 12.2.